The molecule has 0 spiro atoms. The summed E-state index contributed by atoms with van der Waals surface area (Å²) in [7, 11) is 0. The van der Waals surface area contributed by atoms with Crippen molar-refractivity contribution in [3.63, 3.8) is 0 Å². The number of anilines is 3. The molecule has 11 rings (SSSR count). The number of phenolic OH excluding ortho intramolecular Hbond substituents is 1. The number of hydrogen-bond acceptors (Lipinski definition) is 2. The zero-order chi connectivity index (χ0) is 41.8. The Labute approximate surface area is 362 Å². The van der Waals surface area contributed by atoms with Gasteiger partial charge in [-0.25, -0.2) is 0 Å². The van der Waals surface area contributed by atoms with Gasteiger partial charge in [0.05, 0.1) is 17.1 Å². The fourth-order valence-corrected chi connectivity index (χ4v) is 10.4. The molecule has 3 nitrogen and oxygen atoms in total. The van der Waals surface area contributed by atoms with Crippen molar-refractivity contribution in [3.8, 4) is 16.9 Å². The van der Waals surface area contributed by atoms with E-state index in [1.54, 1.807) is 12.1 Å². The van der Waals surface area contributed by atoms with E-state index in [2.05, 4.69) is 205 Å². The maximum absolute atomic E-state index is 10.3. The third kappa shape index (κ3) is 5.73. The Hall–Kier alpha value is -7.88. The van der Waals surface area contributed by atoms with Crippen LogP contribution in [0.5, 0.6) is 5.75 Å². The van der Waals surface area contributed by atoms with Gasteiger partial charge in [0, 0.05) is 38.9 Å². The third-order valence-electron chi connectivity index (χ3n) is 13.1. The summed E-state index contributed by atoms with van der Waals surface area (Å²) in [5.74, 6) is 0.238. The van der Waals surface area contributed by atoms with Crippen LogP contribution in [0.2, 0.25) is 0 Å². The van der Waals surface area contributed by atoms with Crippen molar-refractivity contribution in [1.82, 2.24) is 4.57 Å². The van der Waals surface area contributed by atoms with Gasteiger partial charge in [-0.1, -0.05) is 171 Å². The summed E-state index contributed by atoms with van der Waals surface area (Å²) in [6.07, 6.45) is 11.8. The third-order valence-corrected chi connectivity index (χ3v) is 13.1. The van der Waals surface area contributed by atoms with E-state index in [0.29, 0.717) is 0 Å². The van der Waals surface area contributed by atoms with E-state index >= 15 is 0 Å². The molecule has 0 radical (unpaired) electrons. The first-order chi connectivity index (χ1) is 30.6. The zero-order valence-corrected chi connectivity index (χ0v) is 34.3. The molecule has 1 atom stereocenters. The number of aromatic hydroxyl groups is 1. The van der Waals surface area contributed by atoms with Crippen molar-refractivity contribution < 1.29 is 5.11 Å². The van der Waals surface area contributed by atoms with Crippen LogP contribution in [0.15, 0.2) is 219 Å². The summed E-state index contributed by atoms with van der Waals surface area (Å²) < 4.78 is 2.41. The molecule has 0 bridgehead atoms. The minimum absolute atomic E-state index is 0.155. The van der Waals surface area contributed by atoms with Crippen molar-refractivity contribution >= 4 is 56.5 Å². The van der Waals surface area contributed by atoms with Gasteiger partial charge in [0.1, 0.15) is 5.75 Å². The highest BCUT2D eigenvalue weighted by Gasteiger charge is 2.46. The highest BCUT2D eigenvalue weighted by molar-refractivity contribution is 5.99. The van der Waals surface area contributed by atoms with Crippen molar-refractivity contribution in [1.29, 1.82) is 0 Å². The average Bonchev–Trinajstić information content (AvgIpc) is 3.83. The van der Waals surface area contributed by atoms with Crippen LogP contribution in [-0.2, 0) is 5.41 Å². The molecule has 0 amide bonds. The molecule has 1 N–H and O–H groups in total. The minimum atomic E-state index is -0.573. The van der Waals surface area contributed by atoms with Crippen molar-refractivity contribution in [2.75, 3.05) is 4.90 Å². The van der Waals surface area contributed by atoms with Crippen LogP contribution in [0.3, 0.4) is 0 Å². The predicted octanol–water partition coefficient (Wildman–Crippen LogP) is 15.2. The first-order valence-electron chi connectivity index (χ1n) is 21.3. The lowest BCUT2D eigenvalue weighted by molar-refractivity contribution is 0.475. The maximum Gasteiger partial charge on any atom is 0.115 e. The molecule has 296 valence electrons. The largest absolute Gasteiger partial charge is 0.508 e. The molecular weight excluding hydrogens is 753 g/mol. The van der Waals surface area contributed by atoms with E-state index in [-0.39, 0.29) is 11.8 Å². The summed E-state index contributed by atoms with van der Waals surface area (Å²) in [5.41, 5.74) is 15.8. The second-order valence-corrected chi connectivity index (χ2v) is 16.2. The lowest BCUT2D eigenvalue weighted by Crippen LogP contribution is -2.28. The van der Waals surface area contributed by atoms with Gasteiger partial charge in [0.2, 0.25) is 0 Å². The molecule has 0 fully saturated rings. The van der Waals surface area contributed by atoms with Crippen molar-refractivity contribution in [2.45, 2.75) is 17.9 Å². The summed E-state index contributed by atoms with van der Waals surface area (Å²) >= 11 is 0. The predicted molar refractivity (Wildman–Crippen MR) is 260 cm³/mol. The number of allylic oxidation sites excluding steroid dienone is 4. The van der Waals surface area contributed by atoms with Crippen LogP contribution in [0.4, 0.5) is 17.1 Å². The standard InChI is InChI=1S/C59H44N2O/c1-3-49-53-22-9-12-25-58(53)61(56(49)4-2)47-31-27-40(28-32-47)42-17-13-18-44(39-42)59(54-23-10-7-20-51(54)52-21-8-11-24-55(52)59)43-29-33-45(34-30-43)60(46-35-37-48(62)38-36-46)57-26-14-16-41-15-5-6-19-50(41)57/h3-31,33-39,47,62H,1-2,32H2. The van der Waals surface area contributed by atoms with Crippen LogP contribution in [0, 0.1) is 0 Å². The molecule has 8 aromatic carbocycles. The molecule has 2 aliphatic carbocycles. The monoisotopic (exact) mass is 796 g/mol. The second-order valence-electron chi connectivity index (χ2n) is 16.2. The smallest absolute Gasteiger partial charge is 0.115 e. The van der Waals surface area contributed by atoms with Crippen LogP contribution in [0.1, 0.15) is 51.5 Å². The van der Waals surface area contributed by atoms with Gasteiger partial charge in [0.25, 0.3) is 0 Å². The Balaban J connectivity index is 1.04. The molecule has 3 heteroatoms. The van der Waals surface area contributed by atoms with E-state index in [9.17, 15) is 5.11 Å². The van der Waals surface area contributed by atoms with Gasteiger partial charge in [-0.3, -0.25) is 0 Å². The van der Waals surface area contributed by atoms with Gasteiger partial charge in [-0.15, -0.1) is 0 Å². The lowest BCUT2D eigenvalue weighted by atomic mass is 9.67. The topological polar surface area (TPSA) is 28.4 Å². The van der Waals surface area contributed by atoms with E-state index in [1.165, 1.54) is 60.8 Å². The van der Waals surface area contributed by atoms with Crippen LogP contribution >= 0.6 is 0 Å². The van der Waals surface area contributed by atoms with E-state index in [1.807, 2.05) is 24.3 Å². The minimum Gasteiger partial charge on any atom is -0.508 e. The molecule has 0 saturated carbocycles. The fourth-order valence-electron chi connectivity index (χ4n) is 10.4. The highest BCUT2D eigenvalue weighted by Crippen LogP contribution is 2.56. The molecular formula is C59H44N2O. The van der Waals surface area contributed by atoms with Gasteiger partial charge >= 0.3 is 0 Å². The van der Waals surface area contributed by atoms with E-state index in [4.69, 9.17) is 0 Å². The molecule has 9 aromatic rings. The Morgan fingerprint density at radius 2 is 1.23 bits per heavy atom. The quantitative estimate of drug-likeness (QED) is 0.158. The summed E-state index contributed by atoms with van der Waals surface area (Å²) in [4.78, 5) is 2.29. The normalized spacial score (nSPS) is 14.9. The summed E-state index contributed by atoms with van der Waals surface area (Å²) in [6.45, 7) is 8.34. The van der Waals surface area contributed by atoms with Crippen molar-refractivity contribution in [2.24, 2.45) is 0 Å². The molecule has 1 aromatic heterocycles. The highest BCUT2D eigenvalue weighted by atomic mass is 16.3. The molecule has 2 aliphatic rings. The maximum atomic E-state index is 10.3. The van der Waals surface area contributed by atoms with E-state index < -0.39 is 5.41 Å². The molecule has 0 aliphatic heterocycles. The fraction of sp³-hybridized carbons (Fsp3) is 0.0508. The van der Waals surface area contributed by atoms with Crippen LogP contribution < -0.4 is 4.90 Å². The Morgan fingerprint density at radius 3 is 1.92 bits per heavy atom. The molecule has 1 unspecified atom stereocenters. The number of phenols is 1. The Kier molecular flexibility index (Phi) is 8.98. The number of benzene rings is 8. The number of rotatable bonds is 9. The second kappa shape index (κ2) is 15.0. The number of hydrogen-bond donors (Lipinski definition) is 1. The number of nitrogens with zero attached hydrogens (tertiary/aromatic N) is 2. The molecule has 0 saturated heterocycles. The first-order valence-corrected chi connectivity index (χ1v) is 21.3. The van der Waals surface area contributed by atoms with Gasteiger partial charge < -0.3 is 14.6 Å². The molecule has 62 heavy (non-hydrogen) atoms. The van der Waals surface area contributed by atoms with Crippen LogP contribution in [0.25, 0.3) is 50.5 Å². The number of aromatic nitrogens is 1. The Morgan fingerprint density at radius 1 is 0.597 bits per heavy atom. The van der Waals surface area contributed by atoms with Crippen molar-refractivity contribution in [3.05, 3.63) is 259 Å². The van der Waals surface area contributed by atoms with Gasteiger partial charge in [-0.2, -0.15) is 0 Å². The molecule has 1 heterocycles. The summed E-state index contributed by atoms with van der Waals surface area (Å²) in [5, 5.41) is 13.8. The lowest BCUT2D eigenvalue weighted by Gasteiger charge is -2.35. The number of fused-ring (bicyclic) bond motifs is 5. The SMILES string of the molecule is C=Cc1c(C=C)n(C2C=CC(c3cccc(C4(c5ccc(N(c6ccc(O)cc6)c6cccc7ccccc67)cc5)c5ccccc5-c5ccccc54)c3)=CC2)c2ccccc12. The van der Waals surface area contributed by atoms with Crippen LogP contribution in [-0.4, -0.2) is 9.67 Å². The Bertz CT molecular complexity index is 3220. The zero-order valence-electron chi connectivity index (χ0n) is 34.3. The average molecular weight is 797 g/mol. The van der Waals surface area contributed by atoms with Gasteiger partial charge in [-0.05, 0) is 117 Å². The summed E-state index contributed by atoms with van der Waals surface area (Å²) in [6, 6.07) is 67.4. The van der Waals surface area contributed by atoms with E-state index in [0.717, 1.165) is 40.1 Å². The van der Waals surface area contributed by atoms with Gasteiger partial charge in [0.15, 0.2) is 0 Å². The first kappa shape index (κ1) is 37.1. The number of para-hydroxylation sites is 1.